The summed E-state index contributed by atoms with van der Waals surface area (Å²) in [6, 6.07) is 9.86. The van der Waals surface area contributed by atoms with E-state index in [1.807, 2.05) is 30.3 Å². The van der Waals surface area contributed by atoms with Gasteiger partial charge >= 0.3 is 0 Å². The van der Waals surface area contributed by atoms with Crippen LogP contribution in [0.3, 0.4) is 0 Å². The fraction of sp³-hybridized carbons (Fsp3) is 0.286. The van der Waals surface area contributed by atoms with Crippen molar-refractivity contribution < 1.29 is 9.52 Å². The molecule has 2 aromatic rings. The molecule has 5 heteroatoms. The fourth-order valence-corrected chi connectivity index (χ4v) is 2.95. The summed E-state index contributed by atoms with van der Waals surface area (Å²) in [6.07, 6.45) is -0.352. The molecule has 1 heterocycles. The van der Waals surface area contributed by atoms with E-state index < -0.39 is 0 Å². The molecule has 19 heavy (non-hydrogen) atoms. The number of aliphatic hydroxyl groups excluding tert-OH is 1. The van der Waals surface area contributed by atoms with E-state index in [0.29, 0.717) is 13.1 Å². The Bertz CT molecular complexity index is 552. The molecule has 3 nitrogen and oxygen atoms in total. The molecule has 1 aromatic heterocycles. The third-order valence-corrected chi connectivity index (χ3v) is 3.75. The molecule has 0 spiro atoms. The van der Waals surface area contributed by atoms with Crippen LogP contribution in [0.5, 0.6) is 0 Å². The molecular weight excluding hydrogens is 374 g/mol. The van der Waals surface area contributed by atoms with Crippen molar-refractivity contribution in [2.75, 3.05) is 6.54 Å². The van der Waals surface area contributed by atoms with Crippen LogP contribution >= 0.6 is 31.9 Å². The van der Waals surface area contributed by atoms with Gasteiger partial charge in [-0.3, -0.25) is 0 Å². The van der Waals surface area contributed by atoms with Gasteiger partial charge in [0.15, 0.2) is 0 Å². The van der Waals surface area contributed by atoms with Crippen molar-refractivity contribution in [1.82, 2.24) is 5.32 Å². The lowest BCUT2D eigenvalue weighted by molar-refractivity contribution is 0.190. The van der Waals surface area contributed by atoms with Crippen molar-refractivity contribution in [3.8, 4) is 11.3 Å². The Morgan fingerprint density at radius 1 is 1.26 bits per heavy atom. The van der Waals surface area contributed by atoms with Crippen LogP contribution in [0.4, 0.5) is 0 Å². The molecule has 2 rings (SSSR count). The highest BCUT2D eigenvalue weighted by atomic mass is 79.9. The van der Waals surface area contributed by atoms with Crippen molar-refractivity contribution in [3.63, 3.8) is 0 Å². The van der Waals surface area contributed by atoms with Gasteiger partial charge in [-0.1, -0.05) is 15.9 Å². The van der Waals surface area contributed by atoms with Crippen LogP contribution in [0, 0.1) is 0 Å². The first-order chi connectivity index (χ1) is 9.06. The normalized spacial score (nSPS) is 12.6. The minimum Gasteiger partial charge on any atom is -0.460 e. The average molecular weight is 389 g/mol. The van der Waals surface area contributed by atoms with Gasteiger partial charge in [-0.05, 0) is 53.2 Å². The minimum absolute atomic E-state index is 0.352. The number of nitrogens with one attached hydrogen (secondary N) is 1. The van der Waals surface area contributed by atoms with Crippen LogP contribution in [0.15, 0.2) is 43.7 Å². The molecule has 1 atom stereocenters. The second-order valence-electron chi connectivity index (χ2n) is 4.37. The van der Waals surface area contributed by atoms with E-state index in [9.17, 15) is 5.11 Å². The minimum atomic E-state index is -0.352. The smallest absolute Gasteiger partial charge is 0.135 e. The van der Waals surface area contributed by atoms with E-state index in [4.69, 9.17) is 4.42 Å². The summed E-state index contributed by atoms with van der Waals surface area (Å²) in [5.74, 6) is 1.68. The van der Waals surface area contributed by atoms with Crippen LogP contribution < -0.4 is 5.32 Å². The van der Waals surface area contributed by atoms with Gasteiger partial charge in [0.25, 0.3) is 0 Å². The third-order valence-electron chi connectivity index (χ3n) is 2.60. The topological polar surface area (TPSA) is 45.4 Å². The number of aliphatic hydroxyl groups is 1. The highest BCUT2D eigenvalue weighted by Gasteiger charge is 2.08. The van der Waals surface area contributed by atoms with Crippen LogP contribution in [0.2, 0.25) is 0 Å². The second kappa shape index (κ2) is 6.70. The summed E-state index contributed by atoms with van der Waals surface area (Å²) >= 11 is 6.95. The first-order valence-electron chi connectivity index (χ1n) is 5.99. The zero-order valence-corrected chi connectivity index (χ0v) is 13.7. The maximum atomic E-state index is 9.17. The summed E-state index contributed by atoms with van der Waals surface area (Å²) in [5, 5.41) is 12.3. The average Bonchev–Trinajstić information content (AvgIpc) is 2.77. The lowest BCUT2D eigenvalue weighted by Crippen LogP contribution is -2.23. The molecule has 0 fully saturated rings. The van der Waals surface area contributed by atoms with Crippen molar-refractivity contribution in [3.05, 3.63) is 45.0 Å². The predicted octanol–water partition coefficient (Wildman–Crippen LogP) is 3.94. The van der Waals surface area contributed by atoms with E-state index >= 15 is 0 Å². The molecule has 0 aliphatic heterocycles. The van der Waals surface area contributed by atoms with Gasteiger partial charge in [-0.25, -0.2) is 0 Å². The standard InChI is InChI=1S/C14H15Br2NO2/c1-9(18)7-17-8-11-3-5-14(19-11)12-4-2-10(15)6-13(12)16/h2-6,9,17-18H,7-8H2,1H3/t9-/m0/s1. The van der Waals surface area contributed by atoms with E-state index in [2.05, 4.69) is 37.2 Å². The number of halogens is 2. The van der Waals surface area contributed by atoms with Crippen LogP contribution in [-0.4, -0.2) is 17.8 Å². The number of rotatable bonds is 5. The molecule has 1 aromatic carbocycles. The first kappa shape index (κ1) is 14.8. The number of hydrogen-bond donors (Lipinski definition) is 2. The summed E-state index contributed by atoms with van der Waals surface area (Å²) in [4.78, 5) is 0. The fourth-order valence-electron chi connectivity index (χ4n) is 1.71. The van der Waals surface area contributed by atoms with E-state index in [1.54, 1.807) is 6.92 Å². The molecule has 2 N–H and O–H groups in total. The Kier molecular flexibility index (Phi) is 5.21. The highest BCUT2D eigenvalue weighted by Crippen LogP contribution is 2.31. The van der Waals surface area contributed by atoms with Crippen molar-refractivity contribution in [2.24, 2.45) is 0 Å². The summed E-state index contributed by atoms with van der Waals surface area (Å²) in [6.45, 7) is 2.91. The Morgan fingerprint density at radius 3 is 2.74 bits per heavy atom. The van der Waals surface area contributed by atoms with Crippen molar-refractivity contribution >= 4 is 31.9 Å². The third kappa shape index (κ3) is 4.18. The summed E-state index contributed by atoms with van der Waals surface area (Å²) in [5.41, 5.74) is 1.02. The van der Waals surface area contributed by atoms with Gasteiger partial charge in [-0.2, -0.15) is 0 Å². The van der Waals surface area contributed by atoms with E-state index in [1.165, 1.54) is 0 Å². The number of hydrogen-bond acceptors (Lipinski definition) is 3. The Hall–Kier alpha value is -0.620. The molecule has 0 aliphatic rings. The zero-order chi connectivity index (χ0) is 13.8. The number of benzene rings is 1. The van der Waals surface area contributed by atoms with Gasteiger partial charge in [0.1, 0.15) is 11.5 Å². The second-order valence-corrected chi connectivity index (χ2v) is 6.14. The lowest BCUT2D eigenvalue weighted by atomic mass is 10.2. The Balaban J connectivity index is 2.08. The van der Waals surface area contributed by atoms with Crippen LogP contribution in [0.1, 0.15) is 12.7 Å². The zero-order valence-electron chi connectivity index (χ0n) is 10.5. The Labute approximate surface area is 129 Å². The monoisotopic (exact) mass is 387 g/mol. The number of furan rings is 1. The molecule has 0 radical (unpaired) electrons. The highest BCUT2D eigenvalue weighted by molar-refractivity contribution is 9.11. The lowest BCUT2D eigenvalue weighted by Gasteiger charge is -2.05. The first-order valence-corrected chi connectivity index (χ1v) is 7.58. The molecule has 0 saturated carbocycles. The Morgan fingerprint density at radius 2 is 2.05 bits per heavy atom. The molecular formula is C14H15Br2NO2. The molecule has 0 saturated heterocycles. The largest absolute Gasteiger partial charge is 0.460 e. The predicted molar refractivity (Wildman–Crippen MR) is 82.9 cm³/mol. The van der Waals surface area contributed by atoms with Gasteiger partial charge in [0.05, 0.1) is 12.6 Å². The summed E-state index contributed by atoms with van der Waals surface area (Å²) < 4.78 is 7.79. The maximum absolute atomic E-state index is 9.17. The van der Waals surface area contributed by atoms with Crippen molar-refractivity contribution in [1.29, 1.82) is 0 Å². The molecule has 0 unspecified atom stereocenters. The maximum Gasteiger partial charge on any atom is 0.135 e. The molecule has 102 valence electrons. The summed E-state index contributed by atoms with van der Waals surface area (Å²) in [7, 11) is 0. The molecule has 0 amide bonds. The van der Waals surface area contributed by atoms with Gasteiger partial charge in [0, 0.05) is 21.1 Å². The van der Waals surface area contributed by atoms with Gasteiger partial charge in [-0.15, -0.1) is 0 Å². The van der Waals surface area contributed by atoms with Gasteiger partial charge in [0.2, 0.25) is 0 Å². The molecule has 0 aliphatic carbocycles. The van der Waals surface area contributed by atoms with E-state index in [-0.39, 0.29) is 6.10 Å². The quantitative estimate of drug-likeness (QED) is 0.815. The van der Waals surface area contributed by atoms with Crippen molar-refractivity contribution in [2.45, 2.75) is 19.6 Å². The molecule has 0 bridgehead atoms. The van der Waals surface area contributed by atoms with E-state index in [0.717, 1.165) is 26.0 Å². The van der Waals surface area contributed by atoms with Gasteiger partial charge < -0.3 is 14.8 Å². The van der Waals surface area contributed by atoms with Crippen LogP contribution in [-0.2, 0) is 6.54 Å². The SMILES string of the molecule is C[C@H](O)CNCc1ccc(-c2ccc(Br)cc2Br)o1. The van der Waals surface area contributed by atoms with Crippen LogP contribution in [0.25, 0.3) is 11.3 Å².